The number of imidazole rings is 1. The van der Waals surface area contributed by atoms with E-state index < -0.39 is 0 Å². The van der Waals surface area contributed by atoms with Gasteiger partial charge >= 0.3 is 0 Å². The third-order valence-electron chi connectivity index (χ3n) is 4.86. The van der Waals surface area contributed by atoms with Gasteiger partial charge in [-0.3, -0.25) is 13.8 Å². The second-order valence-electron chi connectivity index (χ2n) is 6.98. The highest BCUT2D eigenvalue weighted by Gasteiger charge is 2.18. The highest BCUT2D eigenvalue weighted by molar-refractivity contribution is 7.99. The topological polar surface area (TPSA) is 64.2 Å². The van der Waals surface area contributed by atoms with Crippen molar-refractivity contribution in [3.8, 4) is 5.69 Å². The van der Waals surface area contributed by atoms with Crippen LogP contribution in [-0.2, 0) is 4.79 Å². The number of benzene rings is 3. The van der Waals surface area contributed by atoms with E-state index in [4.69, 9.17) is 0 Å². The Morgan fingerprint density at radius 1 is 0.900 bits per heavy atom. The molecule has 7 heteroatoms. The lowest BCUT2D eigenvalue weighted by atomic mass is 10.2. The third-order valence-corrected chi connectivity index (χ3v) is 5.79. The van der Waals surface area contributed by atoms with E-state index in [0.717, 1.165) is 33.7 Å². The fraction of sp³-hybridized carbons (Fsp3) is 0.0870. The van der Waals surface area contributed by atoms with Gasteiger partial charge < -0.3 is 5.32 Å². The lowest BCUT2D eigenvalue weighted by Gasteiger charge is -2.04. The molecule has 1 amide bonds. The van der Waals surface area contributed by atoms with Crippen LogP contribution in [0.2, 0.25) is 0 Å². The first-order chi connectivity index (χ1) is 14.7. The summed E-state index contributed by atoms with van der Waals surface area (Å²) in [7, 11) is 0. The van der Waals surface area contributed by atoms with Crippen LogP contribution < -0.4 is 5.32 Å². The van der Waals surface area contributed by atoms with E-state index in [2.05, 4.69) is 26.1 Å². The Balaban J connectivity index is 1.46. The molecule has 0 saturated heterocycles. The van der Waals surface area contributed by atoms with Gasteiger partial charge in [0.15, 0.2) is 5.16 Å². The first-order valence-corrected chi connectivity index (χ1v) is 10.6. The van der Waals surface area contributed by atoms with Crippen LogP contribution in [0.25, 0.3) is 22.5 Å². The largest absolute Gasteiger partial charge is 0.325 e. The van der Waals surface area contributed by atoms with Crippen LogP contribution in [-0.4, -0.2) is 30.8 Å². The summed E-state index contributed by atoms with van der Waals surface area (Å²) in [4.78, 5) is 12.4. The number of amides is 1. The molecule has 148 valence electrons. The zero-order valence-corrected chi connectivity index (χ0v) is 17.1. The van der Waals surface area contributed by atoms with Gasteiger partial charge in [0.05, 0.1) is 16.8 Å². The maximum absolute atomic E-state index is 12.4. The second kappa shape index (κ2) is 7.68. The van der Waals surface area contributed by atoms with E-state index in [1.54, 1.807) is 0 Å². The highest BCUT2D eigenvalue weighted by Crippen LogP contribution is 2.28. The van der Waals surface area contributed by atoms with Gasteiger partial charge in [-0.15, -0.1) is 10.2 Å². The van der Waals surface area contributed by atoms with Crippen molar-refractivity contribution in [2.75, 3.05) is 11.1 Å². The Labute approximate surface area is 177 Å². The minimum absolute atomic E-state index is 0.0765. The van der Waals surface area contributed by atoms with Crippen LogP contribution in [0.4, 0.5) is 5.69 Å². The number of fused-ring (bicyclic) bond motifs is 3. The molecule has 0 aliphatic carbocycles. The van der Waals surface area contributed by atoms with Crippen molar-refractivity contribution in [2.45, 2.75) is 12.1 Å². The zero-order chi connectivity index (χ0) is 20.5. The fourth-order valence-electron chi connectivity index (χ4n) is 3.46. The van der Waals surface area contributed by atoms with Crippen LogP contribution in [0.3, 0.4) is 0 Å². The van der Waals surface area contributed by atoms with Crippen LogP contribution in [0.5, 0.6) is 0 Å². The average Bonchev–Trinajstić information content (AvgIpc) is 3.32. The smallest absolute Gasteiger partial charge is 0.241 e. The van der Waals surface area contributed by atoms with E-state index in [9.17, 15) is 4.79 Å². The Morgan fingerprint density at radius 2 is 1.60 bits per heavy atom. The molecular formula is C23H19N5OS. The van der Waals surface area contributed by atoms with Crippen LogP contribution in [0, 0.1) is 6.92 Å². The quantitative estimate of drug-likeness (QED) is 0.424. The molecule has 0 bridgehead atoms. The van der Waals surface area contributed by atoms with Crippen molar-refractivity contribution in [3.63, 3.8) is 0 Å². The van der Waals surface area contributed by atoms with E-state index in [1.165, 1.54) is 11.8 Å². The molecule has 0 radical (unpaired) electrons. The van der Waals surface area contributed by atoms with Gasteiger partial charge in [-0.25, -0.2) is 0 Å². The van der Waals surface area contributed by atoms with E-state index in [1.807, 2.05) is 84.1 Å². The summed E-state index contributed by atoms with van der Waals surface area (Å²) in [5.74, 6) is 0.899. The number of hydrogen-bond donors (Lipinski definition) is 1. The number of nitrogens with one attached hydrogen (secondary N) is 1. The summed E-state index contributed by atoms with van der Waals surface area (Å²) >= 11 is 1.37. The molecule has 6 nitrogen and oxygen atoms in total. The van der Waals surface area contributed by atoms with Crippen molar-refractivity contribution in [1.82, 2.24) is 19.2 Å². The number of nitrogens with zero attached hydrogens (tertiary/aromatic N) is 4. The summed E-state index contributed by atoms with van der Waals surface area (Å²) in [6.07, 6.45) is 0. The van der Waals surface area contributed by atoms with Crippen molar-refractivity contribution >= 4 is 40.2 Å². The van der Waals surface area contributed by atoms with Crippen molar-refractivity contribution in [1.29, 1.82) is 0 Å². The maximum atomic E-state index is 12.4. The molecular weight excluding hydrogens is 394 g/mol. The number of anilines is 1. The molecule has 5 aromatic rings. The van der Waals surface area contributed by atoms with Crippen LogP contribution in [0.15, 0.2) is 84.0 Å². The second-order valence-corrected chi connectivity index (χ2v) is 7.92. The molecule has 0 aliphatic rings. The molecule has 0 unspecified atom stereocenters. The van der Waals surface area contributed by atoms with E-state index in [-0.39, 0.29) is 11.7 Å². The van der Waals surface area contributed by atoms with Gasteiger partial charge in [0.1, 0.15) is 0 Å². The lowest BCUT2D eigenvalue weighted by molar-refractivity contribution is -0.113. The van der Waals surface area contributed by atoms with E-state index >= 15 is 0 Å². The SMILES string of the molecule is Cc1ccc(NC(=O)CSc2nnc3n(-c4ccccc4)c4ccccc4n23)cc1. The summed E-state index contributed by atoms with van der Waals surface area (Å²) in [6.45, 7) is 2.02. The average molecular weight is 414 g/mol. The molecule has 2 heterocycles. The summed E-state index contributed by atoms with van der Waals surface area (Å²) in [6, 6.07) is 26.0. The number of carbonyl (C=O) groups excluding carboxylic acids is 1. The summed E-state index contributed by atoms with van der Waals surface area (Å²) in [5.41, 5.74) is 5.01. The predicted octanol–water partition coefficient (Wildman–Crippen LogP) is 4.71. The number of carbonyl (C=O) groups is 1. The van der Waals surface area contributed by atoms with Gasteiger partial charge in [0.2, 0.25) is 11.7 Å². The maximum Gasteiger partial charge on any atom is 0.241 e. The molecule has 0 fully saturated rings. The van der Waals surface area contributed by atoms with Crippen LogP contribution in [0.1, 0.15) is 5.56 Å². The molecule has 0 atom stereocenters. The van der Waals surface area contributed by atoms with Gasteiger partial charge in [0.25, 0.3) is 0 Å². The summed E-state index contributed by atoms with van der Waals surface area (Å²) in [5, 5.41) is 12.4. The first kappa shape index (κ1) is 18.4. The van der Waals surface area contributed by atoms with Crippen molar-refractivity contribution < 1.29 is 4.79 Å². The minimum atomic E-state index is -0.0765. The van der Waals surface area contributed by atoms with Crippen LogP contribution >= 0.6 is 11.8 Å². The molecule has 1 N–H and O–H groups in total. The molecule has 30 heavy (non-hydrogen) atoms. The van der Waals surface area contributed by atoms with Gasteiger partial charge in [0, 0.05) is 11.4 Å². The van der Waals surface area contributed by atoms with E-state index in [0.29, 0.717) is 5.16 Å². The molecule has 3 aromatic carbocycles. The third kappa shape index (κ3) is 3.33. The Hall–Kier alpha value is -3.58. The van der Waals surface area contributed by atoms with Gasteiger partial charge in [-0.2, -0.15) is 0 Å². The molecule has 0 aliphatic heterocycles. The highest BCUT2D eigenvalue weighted by atomic mass is 32.2. The number of thioether (sulfide) groups is 1. The molecule has 0 spiro atoms. The predicted molar refractivity (Wildman–Crippen MR) is 120 cm³/mol. The zero-order valence-electron chi connectivity index (χ0n) is 16.3. The van der Waals surface area contributed by atoms with Crippen molar-refractivity contribution in [3.05, 3.63) is 84.4 Å². The number of aromatic nitrogens is 4. The monoisotopic (exact) mass is 413 g/mol. The number of rotatable bonds is 5. The number of hydrogen-bond acceptors (Lipinski definition) is 4. The standard InChI is InChI=1S/C23H19N5OS/c1-16-11-13-17(14-12-16)24-21(29)15-30-23-26-25-22-27(18-7-3-2-4-8-18)19-9-5-6-10-20(19)28(22)23/h2-14H,15H2,1H3,(H,24,29). The fourth-order valence-corrected chi connectivity index (χ4v) is 4.20. The van der Waals surface area contributed by atoms with Crippen molar-refractivity contribution in [2.24, 2.45) is 0 Å². The Bertz CT molecular complexity index is 1340. The number of para-hydroxylation sites is 3. The molecule has 5 rings (SSSR count). The minimum Gasteiger partial charge on any atom is -0.325 e. The molecule has 0 saturated carbocycles. The summed E-state index contributed by atoms with van der Waals surface area (Å²) < 4.78 is 4.09. The first-order valence-electron chi connectivity index (χ1n) is 9.60. The van der Waals surface area contributed by atoms with Gasteiger partial charge in [-0.1, -0.05) is 59.8 Å². The number of aryl methyl sites for hydroxylation is 1. The lowest BCUT2D eigenvalue weighted by Crippen LogP contribution is -2.14. The Morgan fingerprint density at radius 3 is 2.37 bits per heavy atom. The Kier molecular flexibility index (Phi) is 4.72. The van der Waals surface area contributed by atoms with Gasteiger partial charge in [-0.05, 0) is 43.3 Å². The molecule has 2 aromatic heterocycles. The normalized spacial score (nSPS) is 11.2.